The largest absolute Gasteiger partial charge is 0.495 e. The summed E-state index contributed by atoms with van der Waals surface area (Å²) in [4.78, 5) is 0. The van der Waals surface area contributed by atoms with Gasteiger partial charge in [-0.05, 0) is 29.9 Å². The van der Waals surface area contributed by atoms with E-state index in [1.54, 1.807) is 14.2 Å². The van der Waals surface area contributed by atoms with Crippen molar-refractivity contribution in [3.05, 3.63) is 29.3 Å². The lowest BCUT2D eigenvalue weighted by molar-refractivity contribution is 0.200. The van der Waals surface area contributed by atoms with E-state index in [1.807, 2.05) is 17.8 Å². The zero-order chi connectivity index (χ0) is 14.6. The molecule has 1 rings (SSSR count). The number of hydrogen-bond acceptors (Lipinski definition) is 4. The van der Waals surface area contributed by atoms with Gasteiger partial charge in [-0.3, -0.25) is 0 Å². The molecule has 0 aliphatic heterocycles. The lowest BCUT2D eigenvalue weighted by atomic mass is 10.1. The Morgan fingerprint density at radius 1 is 1.30 bits per heavy atom. The molecule has 4 heteroatoms. The van der Waals surface area contributed by atoms with E-state index in [9.17, 15) is 0 Å². The van der Waals surface area contributed by atoms with Gasteiger partial charge in [0.15, 0.2) is 0 Å². The molecule has 3 nitrogen and oxygen atoms in total. The average molecular weight is 294 g/mol. The first kappa shape index (κ1) is 16.9. The van der Waals surface area contributed by atoms with Crippen LogP contribution in [0.25, 0.3) is 0 Å². The third-order valence-electron chi connectivity index (χ3n) is 2.63. The van der Waals surface area contributed by atoms with Crippen molar-refractivity contribution in [3.63, 3.8) is 0 Å². The highest BCUT2D eigenvalue weighted by atomic mass is 32.2. The topological polar surface area (TPSA) is 38.7 Å². The minimum absolute atomic E-state index is 0.0877. The Hall–Kier alpha value is -1.15. The maximum absolute atomic E-state index is 8.77. The third-order valence-corrected chi connectivity index (χ3v) is 3.74. The van der Waals surface area contributed by atoms with Crippen LogP contribution in [0, 0.1) is 11.8 Å². The van der Waals surface area contributed by atoms with E-state index in [4.69, 9.17) is 14.6 Å². The second-order valence-electron chi connectivity index (χ2n) is 4.21. The fraction of sp³-hybridized carbons (Fsp3) is 0.500. The Bertz CT molecular complexity index is 449. The van der Waals surface area contributed by atoms with E-state index in [0.717, 1.165) is 35.8 Å². The van der Waals surface area contributed by atoms with Gasteiger partial charge in [0.1, 0.15) is 5.75 Å². The van der Waals surface area contributed by atoms with Crippen molar-refractivity contribution >= 4 is 11.8 Å². The molecular weight excluding hydrogens is 272 g/mol. The van der Waals surface area contributed by atoms with E-state index < -0.39 is 0 Å². The van der Waals surface area contributed by atoms with Crippen molar-refractivity contribution in [1.29, 1.82) is 0 Å². The number of methoxy groups -OCH3 is 2. The zero-order valence-electron chi connectivity index (χ0n) is 12.1. The molecule has 0 aromatic heterocycles. The molecule has 0 unspecified atom stereocenters. The molecule has 0 fully saturated rings. The van der Waals surface area contributed by atoms with Gasteiger partial charge in [-0.1, -0.05) is 17.9 Å². The molecule has 0 amide bonds. The van der Waals surface area contributed by atoms with Gasteiger partial charge in [-0.15, -0.1) is 0 Å². The summed E-state index contributed by atoms with van der Waals surface area (Å²) in [6, 6.07) is 6.08. The molecule has 20 heavy (non-hydrogen) atoms. The average Bonchev–Trinajstić information content (AvgIpc) is 2.47. The highest BCUT2D eigenvalue weighted by molar-refractivity contribution is 7.98. The van der Waals surface area contributed by atoms with Crippen LogP contribution in [0.1, 0.15) is 24.0 Å². The standard InChI is InChI=1S/C16H22O3S/c1-18-10-5-11-20-13-14-7-8-16(19-2)15(12-14)6-3-4-9-17/h7-8,12,17H,4-5,9-11,13H2,1-2H3. The van der Waals surface area contributed by atoms with Gasteiger partial charge in [0.25, 0.3) is 0 Å². The Balaban J connectivity index is 2.60. The van der Waals surface area contributed by atoms with E-state index >= 15 is 0 Å². The van der Waals surface area contributed by atoms with Gasteiger partial charge in [-0.25, -0.2) is 0 Å². The van der Waals surface area contributed by atoms with Crippen LogP contribution >= 0.6 is 11.8 Å². The summed E-state index contributed by atoms with van der Waals surface area (Å²) in [5.41, 5.74) is 2.12. The van der Waals surface area contributed by atoms with Crippen LogP contribution in [0.5, 0.6) is 5.75 Å². The van der Waals surface area contributed by atoms with E-state index in [1.165, 1.54) is 5.56 Å². The molecule has 1 aromatic carbocycles. The number of benzene rings is 1. The summed E-state index contributed by atoms with van der Waals surface area (Å²) >= 11 is 1.89. The molecule has 110 valence electrons. The van der Waals surface area contributed by atoms with Gasteiger partial charge in [0.05, 0.1) is 19.3 Å². The minimum atomic E-state index is 0.0877. The fourth-order valence-corrected chi connectivity index (χ4v) is 2.53. The van der Waals surface area contributed by atoms with Gasteiger partial charge < -0.3 is 14.6 Å². The van der Waals surface area contributed by atoms with Crippen molar-refractivity contribution in [3.8, 4) is 17.6 Å². The molecule has 0 saturated carbocycles. The van der Waals surface area contributed by atoms with Gasteiger partial charge >= 0.3 is 0 Å². The first-order valence-electron chi connectivity index (χ1n) is 6.65. The zero-order valence-corrected chi connectivity index (χ0v) is 13.0. The van der Waals surface area contributed by atoms with Crippen molar-refractivity contribution in [2.75, 3.05) is 33.2 Å². The van der Waals surface area contributed by atoms with Crippen LogP contribution < -0.4 is 4.74 Å². The van der Waals surface area contributed by atoms with E-state index in [-0.39, 0.29) is 6.61 Å². The van der Waals surface area contributed by atoms with E-state index in [0.29, 0.717) is 6.42 Å². The number of aliphatic hydroxyl groups is 1. The summed E-state index contributed by atoms with van der Waals surface area (Å²) in [7, 11) is 3.37. The van der Waals surface area contributed by atoms with Crippen molar-refractivity contribution in [2.45, 2.75) is 18.6 Å². The highest BCUT2D eigenvalue weighted by Gasteiger charge is 2.02. The van der Waals surface area contributed by atoms with Crippen molar-refractivity contribution in [2.24, 2.45) is 0 Å². The number of aliphatic hydroxyl groups excluding tert-OH is 1. The maximum atomic E-state index is 8.77. The second-order valence-corrected chi connectivity index (χ2v) is 5.31. The number of rotatable bonds is 8. The number of ether oxygens (including phenoxy) is 2. The maximum Gasteiger partial charge on any atom is 0.134 e. The minimum Gasteiger partial charge on any atom is -0.495 e. The Kier molecular flexibility index (Phi) is 8.97. The quantitative estimate of drug-likeness (QED) is 0.591. The number of hydrogen-bond donors (Lipinski definition) is 1. The van der Waals surface area contributed by atoms with Crippen LogP contribution in [-0.4, -0.2) is 38.3 Å². The van der Waals surface area contributed by atoms with Crippen molar-refractivity contribution < 1.29 is 14.6 Å². The molecule has 1 N–H and O–H groups in total. The third kappa shape index (κ3) is 6.33. The molecule has 0 spiro atoms. The van der Waals surface area contributed by atoms with Crippen LogP contribution in [0.4, 0.5) is 0 Å². The van der Waals surface area contributed by atoms with E-state index in [2.05, 4.69) is 24.0 Å². The van der Waals surface area contributed by atoms with Crippen molar-refractivity contribution in [1.82, 2.24) is 0 Å². The molecule has 0 bridgehead atoms. The predicted molar refractivity (Wildman–Crippen MR) is 84.2 cm³/mol. The summed E-state index contributed by atoms with van der Waals surface area (Å²) < 4.78 is 10.3. The Labute approximate surface area is 125 Å². The smallest absolute Gasteiger partial charge is 0.134 e. The fourth-order valence-electron chi connectivity index (χ4n) is 1.65. The summed E-state index contributed by atoms with van der Waals surface area (Å²) in [6.45, 7) is 0.901. The summed E-state index contributed by atoms with van der Waals surface area (Å²) in [5, 5.41) is 8.77. The predicted octanol–water partition coefficient (Wildman–Crippen LogP) is 2.70. The van der Waals surface area contributed by atoms with Gasteiger partial charge in [0, 0.05) is 25.9 Å². The number of thioether (sulfide) groups is 1. The van der Waals surface area contributed by atoms with Crippen LogP contribution in [0.3, 0.4) is 0 Å². The first-order valence-corrected chi connectivity index (χ1v) is 7.80. The lowest BCUT2D eigenvalue weighted by Crippen LogP contribution is -1.93. The molecule has 1 aromatic rings. The van der Waals surface area contributed by atoms with Gasteiger partial charge in [-0.2, -0.15) is 11.8 Å². The Morgan fingerprint density at radius 3 is 2.85 bits per heavy atom. The molecule has 0 aliphatic carbocycles. The van der Waals surface area contributed by atoms with Crippen LogP contribution in [0.15, 0.2) is 18.2 Å². The second kappa shape index (κ2) is 10.6. The highest BCUT2D eigenvalue weighted by Crippen LogP contribution is 2.22. The lowest BCUT2D eigenvalue weighted by Gasteiger charge is -2.07. The van der Waals surface area contributed by atoms with Crippen LogP contribution in [-0.2, 0) is 10.5 Å². The molecular formula is C16H22O3S. The molecule has 0 saturated heterocycles. The van der Waals surface area contributed by atoms with Gasteiger partial charge in [0.2, 0.25) is 0 Å². The molecule has 0 radical (unpaired) electrons. The van der Waals surface area contributed by atoms with Crippen LogP contribution in [0.2, 0.25) is 0 Å². The first-order chi connectivity index (χ1) is 9.81. The molecule has 0 heterocycles. The SMILES string of the molecule is COCCCSCc1ccc(OC)c(C#CCCO)c1. The molecule has 0 atom stereocenters. The summed E-state index contributed by atoms with van der Waals surface area (Å²) in [5.74, 6) is 8.82. The molecule has 0 aliphatic rings. The Morgan fingerprint density at radius 2 is 2.15 bits per heavy atom. The monoisotopic (exact) mass is 294 g/mol. The normalized spacial score (nSPS) is 9.95. The summed E-state index contributed by atoms with van der Waals surface area (Å²) in [6.07, 6.45) is 1.56.